The molecule has 0 unspecified atom stereocenters. The zero-order valence-electron chi connectivity index (χ0n) is 14.5. The first-order valence-electron chi connectivity index (χ1n) is 8.04. The second-order valence-corrected chi connectivity index (χ2v) is 5.85. The molecule has 2 N–H and O–H groups in total. The maximum Gasteiger partial charge on any atom is 0.315 e. The Labute approximate surface area is 141 Å². The van der Waals surface area contributed by atoms with Crippen LogP contribution in [0.2, 0.25) is 0 Å². The first-order chi connectivity index (χ1) is 11.4. The lowest BCUT2D eigenvalue weighted by Gasteiger charge is -2.17. The van der Waals surface area contributed by atoms with E-state index in [0.29, 0.717) is 24.7 Å². The van der Waals surface area contributed by atoms with Gasteiger partial charge in [-0.3, -0.25) is 0 Å². The van der Waals surface area contributed by atoms with Crippen LogP contribution in [0.5, 0.6) is 5.75 Å². The Morgan fingerprint density at radius 1 is 1.33 bits per heavy atom. The Morgan fingerprint density at radius 2 is 2.12 bits per heavy atom. The van der Waals surface area contributed by atoms with E-state index in [4.69, 9.17) is 9.26 Å². The van der Waals surface area contributed by atoms with Gasteiger partial charge in [0, 0.05) is 13.0 Å². The van der Waals surface area contributed by atoms with Gasteiger partial charge in [0.2, 0.25) is 5.89 Å². The number of nitrogens with zero attached hydrogens (tertiary/aromatic N) is 2. The third kappa shape index (κ3) is 5.57. The van der Waals surface area contributed by atoms with Crippen molar-refractivity contribution in [1.82, 2.24) is 20.8 Å². The summed E-state index contributed by atoms with van der Waals surface area (Å²) in [6.45, 7) is 8.07. The number of benzene rings is 1. The summed E-state index contributed by atoms with van der Waals surface area (Å²) in [5, 5.41) is 9.38. The quantitative estimate of drug-likeness (QED) is 0.814. The van der Waals surface area contributed by atoms with E-state index in [9.17, 15) is 4.79 Å². The number of aryl methyl sites for hydroxylation is 1. The third-order valence-electron chi connectivity index (χ3n) is 3.27. The van der Waals surface area contributed by atoms with E-state index in [2.05, 4.69) is 20.8 Å². The first-order valence-corrected chi connectivity index (χ1v) is 8.04. The fourth-order valence-corrected chi connectivity index (χ4v) is 2.18. The van der Waals surface area contributed by atoms with Crippen LogP contribution in [0.1, 0.15) is 44.1 Å². The number of nitrogens with one attached hydrogen (secondary N) is 2. The van der Waals surface area contributed by atoms with Crippen molar-refractivity contribution < 1.29 is 14.1 Å². The normalized spacial score (nSPS) is 12.0. The largest absolute Gasteiger partial charge is 0.491 e. The number of carbonyl (C=O) groups excluding carboxylic acids is 1. The van der Waals surface area contributed by atoms with Crippen LogP contribution in [0.15, 0.2) is 28.8 Å². The molecule has 1 aromatic heterocycles. The van der Waals surface area contributed by atoms with Crippen LogP contribution >= 0.6 is 0 Å². The van der Waals surface area contributed by atoms with Crippen LogP contribution in [0.3, 0.4) is 0 Å². The average molecular weight is 332 g/mol. The third-order valence-corrected chi connectivity index (χ3v) is 3.27. The second kappa shape index (κ2) is 8.33. The molecule has 0 saturated heterocycles. The molecule has 2 aromatic rings. The zero-order chi connectivity index (χ0) is 17.5. The summed E-state index contributed by atoms with van der Waals surface area (Å²) in [7, 11) is 0. The highest BCUT2D eigenvalue weighted by Gasteiger charge is 2.11. The predicted octanol–water partition coefficient (Wildman–Crippen LogP) is 2.77. The minimum Gasteiger partial charge on any atom is -0.491 e. The number of hydrogen-bond donors (Lipinski definition) is 2. The first kappa shape index (κ1) is 17.8. The van der Waals surface area contributed by atoms with Gasteiger partial charge in [0.25, 0.3) is 0 Å². The molecule has 0 aliphatic carbocycles. The van der Waals surface area contributed by atoms with Gasteiger partial charge in [-0.1, -0.05) is 17.3 Å². The highest BCUT2D eigenvalue weighted by Crippen LogP contribution is 2.19. The molecule has 130 valence electrons. The number of urea groups is 1. The summed E-state index contributed by atoms with van der Waals surface area (Å²) in [5.74, 6) is 1.90. The molecule has 0 fully saturated rings. The van der Waals surface area contributed by atoms with Gasteiger partial charge in [-0.05, 0) is 45.4 Å². The van der Waals surface area contributed by atoms with Crippen LogP contribution in [-0.2, 0) is 6.42 Å². The van der Waals surface area contributed by atoms with Gasteiger partial charge in [0.15, 0.2) is 5.82 Å². The molecule has 0 radical (unpaired) electrons. The van der Waals surface area contributed by atoms with Crippen LogP contribution < -0.4 is 15.4 Å². The number of amides is 2. The topological polar surface area (TPSA) is 89.3 Å². The number of rotatable bonds is 7. The molecular weight excluding hydrogens is 308 g/mol. The Balaban J connectivity index is 1.80. The van der Waals surface area contributed by atoms with Crippen LogP contribution in [0.25, 0.3) is 0 Å². The SMILES string of the molecule is Cc1noc(CCNC(=O)N[C@H](C)c2cccc(OC(C)C)c2)n1. The molecule has 0 aliphatic heterocycles. The minimum atomic E-state index is -0.242. The Hall–Kier alpha value is -2.57. The van der Waals surface area contributed by atoms with Gasteiger partial charge in [-0.25, -0.2) is 4.79 Å². The van der Waals surface area contributed by atoms with E-state index in [-0.39, 0.29) is 18.2 Å². The number of ether oxygens (including phenoxy) is 1. The monoisotopic (exact) mass is 332 g/mol. The van der Waals surface area contributed by atoms with Gasteiger partial charge >= 0.3 is 6.03 Å². The fourth-order valence-electron chi connectivity index (χ4n) is 2.18. The van der Waals surface area contributed by atoms with Gasteiger partial charge in [-0.15, -0.1) is 0 Å². The molecule has 0 aliphatic rings. The number of carbonyl (C=O) groups is 1. The molecule has 1 aromatic carbocycles. The molecule has 2 rings (SSSR count). The summed E-state index contributed by atoms with van der Waals surface area (Å²) in [5.41, 5.74) is 0.982. The molecule has 0 spiro atoms. The molecule has 7 heteroatoms. The Morgan fingerprint density at radius 3 is 2.79 bits per heavy atom. The van der Waals surface area contributed by atoms with Crippen molar-refractivity contribution in [2.24, 2.45) is 0 Å². The van der Waals surface area contributed by atoms with E-state index < -0.39 is 0 Å². The van der Waals surface area contributed by atoms with Gasteiger partial charge in [0.05, 0.1) is 12.1 Å². The van der Waals surface area contributed by atoms with E-state index in [1.807, 2.05) is 45.0 Å². The molecule has 1 heterocycles. The molecule has 7 nitrogen and oxygen atoms in total. The number of hydrogen-bond acceptors (Lipinski definition) is 5. The van der Waals surface area contributed by atoms with Gasteiger partial charge < -0.3 is 19.9 Å². The van der Waals surface area contributed by atoms with E-state index in [1.165, 1.54) is 0 Å². The molecular formula is C17H24N4O3. The van der Waals surface area contributed by atoms with Crippen molar-refractivity contribution in [3.63, 3.8) is 0 Å². The van der Waals surface area contributed by atoms with Crippen molar-refractivity contribution in [2.75, 3.05) is 6.54 Å². The van der Waals surface area contributed by atoms with Crippen LogP contribution in [0.4, 0.5) is 4.79 Å². The lowest BCUT2D eigenvalue weighted by atomic mass is 10.1. The summed E-state index contributed by atoms with van der Waals surface area (Å²) in [6.07, 6.45) is 0.612. The van der Waals surface area contributed by atoms with E-state index in [1.54, 1.807) is 6.92 Å². The second-order valence-electron chi connectivity index (χ2n) is 5.85. The van der Waals surface area contributed by atoms with Crippen molar-refractivity contribution in [1.29, 1.82) is 0 Å². The lowest BCUT2D eigenvalue weighted by molar-refractivity contribution is 0.236. The molecule has 0 bridgehead atoms. The van der Waals surface area contributed by atoms with Crippen molar-refractivity contribution in [3.05, 3.63) is 41.5 Å². The maximum atomic E-state index is 12.0. The highest BCUT2D eigenvalue weighted by molar-refractivity contribution is 5.74. The predicted molar refractivity (Wildman–Crippen MR) is 89.9 cm³/mol. The summed E-state index contributed by atoms with van der Waals surface area (Å²) in [4.78, 5) is 16.1. The van der Waals surface area contributed by atoms with Gasteiger partial charge in [0.1, 0.15) is 5.75 Å². The zero-order valence-corrected chi connectivity index (χ0v) is 14.5. The molecule has 1 atom stereocenters. The highest BCUT2D eigenvalue weighted by atomic mass is 16.5. The van der Waals surface area contributed by atoms with E-state index >= 15 is 0 Å². The minimum absolute atomic E-state index is 0.111. The Bertz CT molecular complexity index is 669. The van der Waals surface area contributed by atoms with E-state index in [0.717, 1.165) is 11.3 Å². The smallest absolute Gasteiger partial charge is 0.315 e. The van der Waals surface area contributed by atoms with Crippen molar-refractivity contribution >= 4 is 6.03 Å². The average Bonchev–Trinajstić information content (AvgIpc) is 2.92. The molecule has 0 saturated carbocycles. The molecule has 2 amide bonds. The summed E-state index contributed by atoms with van der Waals surface area (Å²) in [6, 6.07) is 7.34. The Kier molecular flexibility index (Phi) is 6.17. The number of aromatic nitrogens is 2. The summed E-state index contributed by atoms with van der Waals surface area (Å²) >= 11 is 0. The van der Waals surface area contributed by atoms with Gasteiger partial charge in [-0.2, -0.15) is 4.98 Å². The van der Waals surface area contributed by atoms with Crippen molar-refractivity contribution in [3.8, 4) is 5.75 Å². The lowest BCUT2D eigenvalue weighted by Crippen LogP contribution is -2.38. The summed E-state index contributed by atoms with van der Waals surface area (Å²) < 4.78 is 10.7. The van der Waals surface area contributed by atoms with Crippen LogP contribution in [-0.4, -0.2) is 28.8 Å². The standard InChI is InChI=1S/C17H24N4O3/c1-11(2)23-15-7-5-6-14(10-15)12(3)19-17(22)18-9-8-16-20-13(4)21-24-16/h5-7,10-12H,8-9H2,1-4H3,(H2,18,19,22)/t12-/m1/s1. The maximum absolute atomic E-state index is 12.0. The molecule has 24 heavy (non-hydrogen) atoms. The van der Waals surface area contributed by atoms with Crippen molar-refractivity contribution in [2.45, 2.75) is 46.3 Å². The fraction of sp³-hybridized carbons (Fsp3) is 0.471. The van der Waals surface area contributed by atoms with Crippen LogP contribution in [0, 0.1) is 6.92 Å².